The number of rotatable bonds is 4. The molecular weight excluding hydrogens is 429 g/mol. The first-order valence-electron chi connectivity index (χ1n) is 11.3. The van der Waals surface area contributed by atoms with E-state index in [0.29, 0.717) is 18.7 Å². The lowest BCUT2D eigenvalue weighted by atomic mass is 9.64. The summed E-state index contributed by atoms with van der Waals surface area (Å²) in [5.74, 6) is -1.89. The van der Waals surface area contributed by atoms with E-state index in [1.807, 2.05) is 25.1 Å². The number of hydrogen-bond donors (Lipinski definition) is 2. The minimum atomic E-state index is -1.17. The number of ketones is 1. The standard InChI is InChI=1S/C22H28BN3O7/c1-3-24-7-8-25(21(30)20(24)29)22(31)26-12-16(27)11-17(26)18(28)10-15-9-14-6-4-5-13(2)19(14)33-23(15)32/h4-6,15-17,27,32H,3,7-12H2,1-2H3/t15-,16+,17-/m1/s1. The van der Waals surface area contributed by atoms with Crippen molar-refractivity contribution in [2.75, 3.05) is 26.2 Å². The Morgan fingerprint density at radius 3 is 2.70 bits per heavy atom. The van der Waals surface area contributed by atoms with E-state index in [-0.39, 0.29) is 38.3 Å². The van der Waals surface area contributed by atoms with Crippen molar-refractivity contribution in [2.45, 2.75) is 51.1 Å². The Labute approximate surface area is 192 Å². The van der Waals surface area contributed by atoms with Crippen LogP contribution in [0.25, 0.3) is 0 Å². The number of hydrogen-bond acceptors (Lipinski definition) is 7. The zero-order valence-electron chi connectivity index (χ0n) is 18.8. The van der Waals surface area contributed by atoms with Gasteiger partial charge in [-0.25, -0.2) is 4.79 Å². The van der Waals surface area contributed by atoms with Crippen molar-refractivity contribution < 1.29 is 34.0 Å². The topological polar surface area (TPSA) is 128 Å². The number of urea groups is 1. The maximum absolute atomic E-state index is 13.2. The highest BCUT2D eigenvalue weighted by Gasteiger charge is 2.46. The number of carbonyl (C=O) groups excluding carboxylic acids is 4. The van der Waals surface area contributed by atoms with Gasteiger partial charge in [0.15, 0.2) is 5.78 Å². The van der Waals surface area contributed by atoms with E-state index >= 15 is 0 Å². The molecule has 3 atom stereocenters. The van der Waals surface area contributed by atoms with Gasteiger partial charge in [0.1, 0.15) is 5.75 Å². The first-order valence-corrected chi connectivity index (χ1v) is 11.3. The molecule has 1 aromatic rings. The number of amides is 4. The van der Waals surface area contributed by atoms with E-state index < -0.39 is 42.9 Å². The first-order chi connectivity index (χ1) is 15.7. The Bertz CT molecular complexity index is 987. The summed E-state index contributed by atoms with van der Waals surface area (Å²) in [6, 6.07) is 3.97. The maximum atomic E-state index is 13.2. The SMILES string of the molecule is CCN1CCN(C(=O)N2C[C@@H](O)C[C@@H]2C(=O)C[C@H]2Cc3cccc(C)c3OB2O)C(=O)C1=O. The van der Waals surface area contributed by atoms with E-state index in [9.17, 15) is 29.3 Å². The van der Waals surface area contributed by atoms with Crippen LogP contribution in [0.15, 0.2) is 18.2 Å². The monoisotopic (exact) mass is 457 g/mol. The third kappa shape index (κ3) is 4.34. The minimum Gasteiger partial charge on any atom is -0.536 e. The van der Waals surface area contributed by atoms with E-state index in [2.05, 4.69) is 0 Å². The van der Waals surface area contributed by atoms with E-state index in [4.69, 9.17) is 4.65 Å². The summed E-state index contributed by atoms with van der Waals surface area (Å²) in [6.45, 7) is 4.16. The number of likely N-dealkylation sites (tertiary alicyclic amines) is 1. The van der Waals surface area contributed by atoms with Gasteiger partial charge in [0.2, 0.25) is 0 Å². The molecular formula is C22H28BN3O7. The number of piperazine rings is 1. The van der Waals surface area contributed by atoms with Crippen LogP contribution in [-0.2, 0) is 20.8 Å². The molecule has 10 nitrogen and oxygen atoms in total. The average molecular weight is 457 g/mol. The highest BCUT2D eigenvalue weighted by molar-refractivity contribution is 6.46. The molecule has 0 unspecified atom stereocenters. The van der Waals surface area contributed by atoms with Crippen LogP contribution >= 0.6 is 0 Å². The summed E-state index contributed by atoms with van der Waals surface area (Å²) in [5.41, 5.74) is 1.80. The van der Waals surface area contributed by atoms with Gasteiger partial charge in [0.05, 0.1) is 12.1 Å². The lowest BCUT2D eigenvalue weighted by Crippen LogP contribution is -2.60. The minimum absolute atomic E-state index is 0.0378. The molecule has 2 N–H and O–H groups in total. The van der Waals surface area contributed by atoms with Gasteiger partial charge in [-0.15, -0.1) is 0 Å². The summed E-state index contributed by atoms with van der Waals surface area (Å²) in [5, 5.41) is 20.7. The molecule has 0 aromatic heterocycles. The highest BCUT2D eigenvalue weighted by atomic mass is 16.5. The molecule has 33 heavy (non-hydrogen) atoms. The van der Waals surface area contributed by atoms with Gasteiger partial charge >= 0.3 is 25.0 Å². The summed E-state index contributed by atoms with van der Waals surface area (Å²) in [4.78, 5) is 54.3. The summed E-state index contributed by atoms with van der Waals surface area (Å²) < 4.78 is 5.65. The maximum Gasteiger partial charge on any atom is 0.526 e. The van der Waals surface area contributed by atoms with E-state index in [1.165, 1.54) is 9.80 Å². The molecule has 0 radical (unpaired) electrons. The average Bonchev–Trinajstić information content (AvgIpc) is 3.18. The molecule has 2 fully saturated rings. The Balaban J connectivity index is 1.46. The van der Waals surface area contributed by atoms with Crippen molar-refractivity contribution in [2.24, 2.45) is 0 Å². The molecule has 0 spiro atoms. The van der Waals surface area contributed by atoms with Crippen LogP contribution in [0.1, 0.15) is 30.9 Å². The summed E-state index contributed by atoms with van der Waals surface area (Å²) in [6.07, 6.45) is -0.478. The number of likely N-dealkylation sites (N-methyl/N-ethyl adjacent to an activating group) is 1. The van der Waals surface area contributed by atoms with Gasteiger partial charge < -0.3 is 24.6 Å². The fourth-order valence-electron chi connectivity index (χ4n) is 4.85. The molecule has 2 saturated heterocycles. The number of benzene rings is 1. The molecule has 3 heterocycles. The van der Waals surface area contributed by atoms with Crippen LogP contribution in [-0.4, -0.2) is 93.9 Å². The van der Waals surface area contributed by atoms with Gasteiger partial charge in [-0.2, -0.15) is 0 Å². The quantitative estimate of drug-likeness (QED) is 0.481. The summed E-state index contributed by atoms with van der Waals surface area (Å²) in [7, 11) is -1.17. The fourth-order valence-corrected chi connectivity index (χ4v) is 4.85. The Morgan fingerprint density at radius 1 is 1.21 bits per heavy atom. The second-order valence-corrected chi connectivity index (χ2v) is 8.89. The van der Waals surface area contributed by atoms with Crippen LogP contribution < -0.4 is 4.65 Å². The van der Waals surface area contributed by atoms with Crippen molar-refractivity contribution in [3.63, 3.8) is 0 Å². The van der Waals surface area contributed by atoms with Gasteiger partial charge in [-0.05, 0) is 31.4 Å². The Morgan fingerprint density at radius 2 is 1.97 bits per heavy atom. The predicted molar refractivity (Wildman–Crippen MR) is 117 cm³/mol. The molecule has 0 saturated carbocycles. The van der Waals surface area contributed by atoms with Crippen LogP contribution in [0.3, 0.4) is 0 Å². The number of aliphatic hydroxyl groups excluding tert-OH is 1. The van der Waals surface area contributed by atoms with E-state index in [1.54, 1.807) is 6.92 Å². The lowest BCUT2D eigenvalue weighted by Gasteiger charge is -2.35. The first kappa shape index (κ1) is 23.3. The molecule has 3 aliphatic heterocycles. The second-order valence-electron chi connectivity index (χ2n) is 8.89. The molecule has 4 rings (SSSR count). The number of carbonyl (C=O) groups is 4. The van der Waals surface area contributed by atoms with Crippen molar-refractivity contribution in [1.29, 1.82) is 0 Å². The number of fused-ring (bicyclic) bond motifs is 1. The molecule has 3 aliphatic rings. The largest absolute Gasteiger partial charge is 0.536 e. The van der Waals surface area contributed by atoms with Crippen molar-refractivity contribution >= 4 is 30.7 Å². The number of imide groups is 1. The zero-order chi connectivity index (χ0) is 23.9. The number of para-hydroxylation sites is 1. The van der Waals surface area contributed by atoms with Crippen LogP contribution in [0.2, 0.25) is 5.82 Å². The normalized spacial score (nSPS) is 25.3. The second kappa shape index (κ2) is 9.15. The number of Topliss-reactive ketones (excluding diaryl/α,β-unsaturated/α-hetero) is 1. The molecule has 4 amide bonds. The predicted octanol–water partition coefficient (Wildman–Crippen LogP) is -0.0143. The van der Waals surface area contributed by atoms with Crippen LogP contribution in [0.4, 0.5) is 4.79 Å². The molecule has 11 heteroatoms. The van der Waals surface area contributed by atoms with Gasteiger partial charge in [0, 0.05) is 44.8 Å². The van der Waals surface area contributed by atoms with E-state index in [0.717, 1.165) is 16.0 Å². The molecule has 0 aliphatic carbocycles. The molecule has 176 valence electrons. The van der Waals surface area contributed by atoms with Gasteiger partial charge in [0.25, 0.3) is 0 Å². The van der Waals surface area contributed by atoms with Crippen LogP contribution in [0, 0.1) is 6.92 Å². The third-order valence-electron chi connectivity index (χ3n) is 6.70. The van der Waals surface area contributed by atoms with Crippen LogP contribution in [0.5, 0.6) is 5.75 Å². The number of β-amino-alcohol motifs (C(OH)–C–C–N with tert-alkyl or cyclic N) is 1. The zero-order valence-corrected chi connectivity index (χ0v) is 18.8. The fraction of sp³-hybridized carbons (Fsp3) is 0.545. The highest BCUT2D eigenvalue weighted by Crippen LogP contribution is 2.36. The number of nitrogens with zero attached hydrogens (tertiary/aromatic N) is 3. The Hall–Kier alpha value is -2.92. The molecule has 1 aromatic carbocycles. The van der Waals surface area contributed by atoms with Crippen molar-refractivity contribution in [3.05, 3.63) is 29.3 Å². The lowest BCUT2D eigenvalue weighted by molar-refractivity contribution is -0.154. The smallest absolute Gasteiger partial charge is 0.526 e. The number of aryl methyl sites for hydroxylation is 1. The number of aliphatic hydroxyl groups is 1. The third-order valence-corrected chi connectivity index (χ3v) is 6.70. The Kier molecular flexibility index (Phi) is 6.44. The molecule has 0 bridgehead atoms. The van der Waals surface area contributed by atoms with Gasteiger partial charge in [-0.3, -0.25) is 19.3 Å². The summed E-state index contributed by atoms with van der Waals surface area (Å²) >= 11 is 0. The van der Waals surface area contributed by atoms with Crippen molar-refractivity contribution in [3.8, 4) is 5.75 Å². The van der Waals surface area contributed by atoms with Crippen molar-refractivity contribution in [1.82, 2.24) is 14.7 Å². The van der Waals surface area contributed by atoms with Gasteiger partial charge in [-0.1, -0.05) is 18.2 Å².